The average Bonchev–Trinajstić information content (AvgIpc) is 2.45. The molecule has 20 heavy (non-hydrogen) atoms. The van der Waals surface area contributed by atoms with Gasteiger partial charge in [-0.25, -0.2) is 4.79 Å². The lowest BCUT2D eigenvalue weighted by Crippen LogP contribution is -2.19. The molecule has 4 N–H and O–H groups in total. The molecular weight excluding hydrogens is 264 g/mol. The normalized spacial score (nSPS) is 12.3. The first-order valence-corrected chi connectivity index (χ1v) is 5.77. The minimum Gasteiger partial charge on any atom is -0.504 e. The van der Waals surface area contributed by atoms with Gasteiger partial charge in [0.15, 0.2) is 11.5 Å². The summed E-state index contributed by atoms with van der Waals surface area (Å²) >= 11 is 0. The fraction of sp³-hybridized carbons (Fsp3) is 0.214. The summed E-state index contributed by atoms with van der Waals surface area (Å²) in [6.07, 6.45) is 1.40. The molecule has 1 rings (SSSR count). The molecule has 0 aromatic heterocycles. The SMILES string of the molecule is C=C(COC(=O)C=Cc1ccc(O)c(O)c1)[C@H](O)CO. The molecule has 6 heteroatoms. The van der Waals surface area contributed by atoms with Gasteiger partial charge in [-0.1, -0.05) is 12.6 Å². The van der Waals surface area contributed by atoms with Crippen LogP contribution in [0.4, 0.5) is 0 Å². The quantitative estimate of drug-likeness (QED) is 0.262. The lowest BCUT2D eigenvalue weighted by Gasteiger charge is -2.10. The van der Waals surface area contributed by atoms with Crippen LogP contribution >= 0.6 is 0 Å². The molecular formula is C14H16O6. The Hall–Kier alpha value is -2.31. The smallest absolute Gasteiger partial charge is 0.331 e. The molecule has 0 saturated heterocycles. The third-order valence-corrected chi connectivity index (χ3v) is 2.46. The Morgan fingerprint density at radius 1 is 1.35 bits per heavy atom. The van der Waals surface area contributed by atoms with Gasteiger partial charge in [0.25, 0.3) is 0 Å². The van der Waals surface area contributed by atoms with Gasteiger partial charge >= 0.3 is 5.97 Å². The number of hydrogen-bond acceptors (Lipinski definition) is 6. The van der Waals surface area contributed by atoms with Crippen LogP contribution in [-0.4, -0.2) is 45.7 Å². The van der Waals surface area contributed by atoms with Crippen LogP contribution in [0.25, 0.3) is 6.08 Å². The van der Waals surface area contributed by atoms with Crippen LogP contribution in [0.15, 0.2) is 36.4 Å². The predicted octanol–water partition coefficient (Wildman–Crippen LogP) is 0.564. The van der Waals surface area contributed by atoms with E-state index < -0.39 is 18.7 Å². The zero-order valence-corrected chi connectivity index (χ0v) is 10.7. The van der Waals surface area contributed by atoms with E-state index >= 15 is 0 Å². The van der Waals surface area contributed by atoms with Crippen LogP contribution in [0.1, 0.15) is 5.56 Å². The van der Waals surface area contributed by atoms with E-state index in [9.17, 15) is 15.0 Å². The van der Waals surface area contributed by atoms with Crippen molar-refractivity contribution in [2.45, 2.75) is 6.10 Å². The predicted molar refractivity (Wildman–Crippen MR) is 72.0 cm³/mol. The molecule has 0 saturated carbocycles. The van der Waals surface area contributed by atoms with Crippen molar-refractivity contribution in [3.63, 3.8) is 0 Å². The van der Waals surface area contributed by atoms with Gasteiger partial charge in [-0.05, 0) is 29.3 Å². The summed E-state index contributed by atoms with van der Waals surface area (Å²) < 4.78 is 4.79. The molecule has 0 aliphatic carbocycles. The minimum atomic E-state index is -1.12. The second-order valence-corrected chi connectivity index (χ2v) is 4.05. The van der Waals surface area contributed by atoms with Crippen molar-refractivity contribution in [2.75, 3.05) is 13.2 Å². The van der Waals surface area contributed by atoms with E-state index in [2.05, 4.69) is 6.58 Å². The molecule has 0 spiro atoms. The van der Waals surface area contributed by atoms with Gasteiger partial charge in [-0.2, -0.15) is 0 Å². The Morgan fingerprint density at radius 3 is 2.65 bits per heavy atom. The van der Waals surface area contributed by atoms with Crippen molar-refractivity contribution < 1.29 is 30.0 Å². The number of aromatic hydroxyl groups is 2. The Kier molecular flexibility index (Phi) is 5.76. The minimum absolute atomic E-state index is 0.191. The average molecular weight is 280 g/mol. The summed E-state index contributed by atoms with van der Waals surface area (Å²) in [6, 6.07) is 4.08. The summed E-state index contributed by atoms with van der Waals surface area (Å²) in [4.78, 5) is 11.4. The summed E-state index contributed by atoms with van der Waals surface area (Å²) in [5, 5.41) is 36.2. The molecule has 0 fully saturated rings. The Balaban J connectivity index is 2.51. The zero-order chi connectivity index (χ0) is 15.1. The van der Waals surface area contributed by atoms with E-state index in [4.69, 9.17) is 14.9 Å². The summed E-state index contributed by atoms with van der Waals surface area (Å²) in [6.45, 7) is 2.78. The van der Waals surface area contributed by atoms with Gasteiger partial charge in [-0.15, -0.1) is 0 Å². The number of phenols is 2. The van der Waals surface area contributed by atoms with E-state index in [0.717, 1.165) is 6.08 Å². The van der Waals surface area contributed by atoms with Crippen LogP contribution in [0.2, 0.25) is 0 Å². The van der Waals surface area contributed by atoms with Gasteiger partial charge in [-0.3, -0.25) is 0 Å². The highest BCUT2D eigenvalue weighted by Crippen LogP contribution is 2.25. The van der Waals surface area contributed by atoms with Crippen molar-refractivity contribution in [3.8, 4) is 11.5 Å². The maximum atomic E-state index is 11.4. The van der Waals surface area contributed by atoms with E-state index in [1.54, 1.807) is 0 Å². The molecule has 0 aliphatic heterocycles. The Labute approximate surface area is 115 Å². The van der Waals surface area contributed by atoms with Crippen molar-refractivity contribution in [3.05, 3.63) is 42.0 Å². The van der Waals surface area contributed by atoms with E-state index in [0.29, 0.717) is 5.56 Å². The molecule has 108 valence electrons. The summed E-state index contributed by atoms with van der Waals surface area (Å²) in [7, 11) is 0. The number of phenolic OH excluding ortho intramolecular Hbond substituents is 2. The highest BCUT2D eigenvalue weighted by molar-refractivity contribution is 5.87. The van der Waals surface area contributed by atoms with Crippen LogP contribution in [0, 0.1) is 0 Å². The fourth-order valence-electron chi connectivity index (χ4n) is 1.25. The maximum Gasteiger partial charge on any atom is 0.331 e. The van der Waals surface area contributed by atoms with Gasteiger partial charge < -0.3 is 25.2 Å². The molecule has 6 nitrogen and oxygen atoms in total. The van der Waals surface area contributed by atoms with Crippen LogP contribution < -0.4 is 0 Å². The zero-order valence-electron chi connectivity index (χ0n) is 10.7. The Bertz CT molecular complexity index is 520. The Morgan fingerprint density at radius 2 is 2.05 bits per heavy atom. The van der Waals surface area contributed by atoms with Crippen LogP contribution in [0.3, 0.4) is 0 Å². The van der Waals surface area contributed by atoms with E-state index in [1.165, 1.54) is 24.3 Å². The van der Waals surface area contributed by atoms with Crippen LogP contribution in [-0.2, 0) is 9.53 Å². The second-order valence-electron chi connectivity index (χ2n) is 4.05. The summed E-state index contributed by atoms with van der Waals surface area (Å²) in [5.41, 5.74) is 0.697. The van der Waals surface area contributed by atoms with Crippen molar-refractivity contribution in [1.82, 2.24) is 0 Å². The monoisotopic (exact) mass is 280 g/mol. The van der Waals surface area contributed by atoms with Gasteiger partial charge in [0, 0.05) is 6.08 Å². The largest absolute Gasteiger partial charge is 0.504 e. The highest BCUT2D eigenvalue weighted by Gasteiger charge is 2.08. The first-order valence-electron chi connectivity index (χ1n) is 5.77. The maximum absolute atomic E-state index is 11.4. The lowest BCUT2D eigenvalue weighted by atomic mass is 10.2. The van der Waals surface area contributed by atoms with Gasteiger partial charge in [0.2, 0.25) is 0 Å². The third-order valence-electron chi connectivity index (χ3n) is 2.46. The standard InChI is InChI=1S/C14H16O6/c1-9(13(18)7-15)8-20-14(19)5-3-10-2-4-11(16)12(17)6-10/h2-6,13,15-18H,1,7-8H2/t13-/m1/s1. The molecule has 0 amide bonds. The molecule has 1 aromatic carbocycles. The fourth-order valence-corrected chi connectivity index (χ4v) is 1.25. The van der Waals surface area contributed by atoms with Crippen LogP contribution in [0.5, 0.6) is 11.5 Å². The molecule has 1 atom stereocenters. The molecule has 0 radical (unpaired) electrons. The van der Waals surface area contributed by atoms with Crippen molar-refractivity contribution in [2.24, 2.45) is 0 Å². The molecule has 0 bridgehead atoms. The number of hydrogen-bond donors (Lipinski definition) is 4. The highest BCUT2D eigenvalue weighted by atomic mass is 16.5. The molecule has 0 heterocycles. The third kappa shape index (κ3) is 4.75. The van der Waals surface area contributed by atoms with Gasteiger partial charge in [0.1, 0.15) is 12.7 Å². The number of benzene rings is 1. The molecule has 0 aliphatic rings. The number of aliphatic hydroxyl groups excluding tert-OH is 2. The van der Waals surface area contributed by atoms with Crippen molar-refractivity contribution >= 4 is 12.0 Å². The second kappa shape index (κ2) is 7.32. The van der Waals surface area contributed by atoms with Gasteiger partial charge in [0.05, 0.1) is 6.61 Å². The topological polar surface area (TPSA) is 107 Å². The van der Waals surface area contributed by atoms with E-state index in [1.807, 2.05) is 0 Å². The number of rotatable bonds is 6. The first kappa shape index (κ1) is 15.7. The van der Waals surface area contributed by atoms with E-state index in [-0.39, 0.29) is 23.7 Å². The number of carbonyl (C=O) groups excluding carboxylic acids is 1. The number of carbonyl (C=O) groups is 1. The summed E-state index contributed by atoms with van der Waals surface area (Å²) in [5.74, 6) is -1.21. The first-order chi connectivity index (χ1) is 9.43. The number of aliphatic hydroxyl groups is 2. The lowest BCUT2D eigenvalue weighted by molar-refractivity contribution is -0.137. The number of ether oxygens (including phenoxy) is 1. The molecule has 1 aromatic rings. The van der Waals surface area contributed by atoms with Crippen molar-refractivity contribution in [1.29, 1.82) is 0 Å². The number of esters is 1. The molecule has 0 unspecified atom stereocenters.